The van der Waals surface area contributed by atoms with E-state index < -0.39 is 9.84 Å². The Morgan fingerprint density at radius 3 is 2.00 bits per heavy atom. The van der Waals surface area contributed by atoms with E-state index in [2.05, 4.69) is 5.32 Å². The highest BCUT2D eigenvalue weighted by atomic mass is 32.2. The SMILES string of the molecule is CNCCS(=O)(=O)C1C2CC3CC(C2)CC1C3. The van der Waals surface area contributed by atoms with Crippen molar-refractivity contribution in [3.8, 4) is 0 Å². The molecule has 0 heterocycles. The summed E-state index contributed by atoms with van der Waals surface area (Å²) in [5.74, 6) is 3.03. The fourth-order valence-electron chi connectivity index (χ4n) is 4.84. The minimum atomic E-state index is -2.87. The van der Waals surface area contributed by atoms with Crippen LogP contribution in [0.2, 0.25) is 0 Å². The zero-order valence-electron chi connectivity index (χ0n) is 10.6. The molecule has 0 spiro atoms. The van der Waals surface area contributed by atoms with Crippen molar-refractivity contribution in [2.24, 2.45) is 23.7 Å². The fourth-order valence-corrected chi connectivity index (χ4v) is 7.22. The van der Waals surface area contributed by atoms with Crippen LogP contribution in [0.3, 0.4) is 0 Å². The summed E-state index contributed by atoms with van der Waals surface area (Å²) in [5, 5.41) is 2.97. The molecule has 98 valence electrons. The van der Waals surface area contributed by atoms with Gasteiger partial charge in [-0.25, -0.2) is 8.42 Å². The molecule has 4 bridgehead atoms. The van der Waals surface area contributed by atoms with Crippen LogP contribution in [0.4, 0.5) is 0 Å². The van der Waals surface area contributed by atoms with Gasteiger partial charge in [-0.1, -0.05) is 0 Å². The molecule has 0 aromatic heterocycles. The van der Waals surface area contributed by atoms with E-state index in [9.17, 15) is 8.42 Å². The van der Waals surface area contributed by atoms with Crippen LogP contribution < -0.4 is 5.32 Å². The lowest BCUT2D eigenvalue weighted by Gasteiger charge is -2.53. The van der Waals surface area contributed by atoms with Crippen LogP contribution in [-0.4, -0.2) is 33.0 Å². The minimum Gasteiger partial charge on any atom is -0.319 e. The van der Waals surface area contributed by atoms with Gasteiger partial charge in [-0.15, -0.1) is 0 Å². The third-order valence-electron chi connectivity index (χ3n) is 5.19. The van der Waals surface area contributed by atoms with Crippen LogP contribution in [0.5, 0.6) is 0 Å². The summed E-state index contributed by atoms with van der Waals surface area (Å²) in [5.41, 5.74) is 0. The third-order valence-corrected chi connectivity index (χ3v) is 7.56. The highest BCUT2D eigenvalue weighted by molar-refractivity contribution is 7.92. The van der Waals surface area contributed by atoms with E-state index >= 15 is 0 Å². The van der Waals surface area contributed by atoms with E-state index in [0.29, 0.717) is 24.1 Å². The molecule has 0 unspecified atom stereocenters. The van der Waals surface area contributed by atoms with E-state index in [0.717, 1.165) is 11.8 Å². The molecule has 0 radical (unpaired) electrons. The van der Waals surface area contributed by atoms with Gasteiger partial charge in [-0.3, -0.25) is 0 Å². The molecular formula is C13H23NO2S. The van der Waals surface area contributed by atoms with E-state index in [-0.39, 0.29) is 5.25 Å². The molecule has 0 saturated heterocycles. The summed E-state index contributed by atoms with van der Waals surface area (Å²) in [6, 6.07) is 0. The Hall–Kier alpha value is -0.0900. The van der Waals surface area contributed by atoms with Gasteiger partial charge in [-0.2, -0.15) is 0 Å². The van der Waals surface area contributed by atoms with Crippen molar-refractivity contribution in [2.75, 3.05) is 19.3 Å². The van der Waals surface area contributed by atoms with Gasteiger partial charge in [0.05, 0.1) is 11.0 Å². The van der Waals surface area contributed by atoms with Crippen molar-refractivity contribution in [1.82, 2.24) is 5.32 Å². The first-order valence-electron chi connectivity index (χ1n) is 6.96. The van der Waals surface area contributed by atoms with Crippen LogP contribution >= 0.6 is 0 Å². The molecule has 4 rings (SSSR count). The summed E-state index contributed by atoms with van der Waals surface area (Å²) >= 11 is 0. The summed E-state index contributed by atoms with van der Waals surface area (Å²) in [6.07, 6.45) is 6.15. The smallest absolute Gasteiger partial charge is 0.154 e. The summed E-state index contributed by atoms with van der Waals surface area (Å²) in [7, 11) is -1.04. The molecule has 4 fully saturated rings. The van der Waals surface area contributed by atoms with Crippen LogP contribution in [0, 0.1) is 23.7 Å². The van der Waals surface area contributed by atoms with E-state index in [1.54, 1.807) is 0 Å². The molecule has 4 saturated carbocycles. The first kappa shape index (κ1) is 12.0. The molecule has 1 N–H and O–H groups in total. The lowest BCUT2D eigenvalue weighted by atomic mass is 9.56. The van der Waals surface area contributed by atoms with Gasteiger partial charge >= 0.3 is 0 Å². The topological polar surface area (TPSA) is 46.2 Å². The first-order valence-corrected chi connectivity index (χ1v) is 8.68. The quantitative estimate of drug-likeness (QED) is 0.829. The summed E-state index contributed by atoms with van der Waals surface area (Å²) < 4.78 is 24.9. The number of hydrogen-bond donors (Lipinski definition) is 1. The van der Waals surface area contributed by atoms with Crippen molar-refractivity contribution >= 4 is 9.84 Å². The van der Waals surface area contributed by atoms with Crippen molar-refractivity contribution < 1.29 is 8.42 Å². The average molecular weight is 257 g/mol. The van der Waals surface area contributed by atoms with Gasteiger partial charge in [0.2, 0.25) is 0 Å². The van der Waals surface area contributed by atoms with E-state index in [1.807, 2.05) is 7.05 Å². The lowest BCUT2D eigenvalue weighted by molar-refractivity contribution is 0.0238. The second-order valence-electron chi connectivity index (χ2n) is 6.37. The minimum absolute atomic E-state index is 0.00338. The Morgan fingerprint density at radius 2 is 1.53 bits per heavy atom. The predicted molar refractivity (Wildman–Crippen MR) is 68.5 cm³/mol. The summed E-state index contributed by atoms with van der Waals surface area (Å²) in [4.78, 5) is 0. The molecule has 4 aliphatic rings. The maximum Gasteiger partial charge on any atom is 0.154 e. The number of rotatable bonds is 4. The van der Waals surface area contributed by atoms with Crippen molar-refractivity contribution in [1.29, 1.82) is 0 Å². The molecule has 0 atom stereocenters. The monoisotopic (exact) mass is 257 g/mol. The Kier molecular flexibility index (Phi) is 2.98. The van der Waals surface area contributed by atoms with Gasteiger partial charge < -0.3 is 5.32 Å². The predicted octanol–water partition coefficient (Wildman–Crippen LogP) is 1.45. The highest BCUT2D eigenvalue weighted by Gasteiger charge is 2.52. The second-order valence-corrected chi connectivity index (χ2v) is 8.64. The van der Waals surface area contributed by atoms with Crippen LogP contribution in [-0.2, 0) is 9.84 Å². The maximum absolute atomic E-state index is 12.4. The molecule has 0 amide bonds. The molecule has 3 nitrogen and oxygen atoms in total. The Balaban J connectivity index is 1.79. The maximum atomic E-state index is 12.4. The Labute approximate surface area is 104 Å². The van der Waals surface area contributed by atoms with Crippen molar-refractivity contribution in [2.45, 2.75) is 37.4 Å². The number of sulfone groups is 1. The van der Waals surface area contributed by atoms with Crippen molar-refractivity contribution in [3.63, 3.8) is 0 Å². The molecule has 0 aromatic carbocycles. The first-order chi connectivity index (χ1) is 8.10. The van der Waals surface area contributed by atoms with Crippen LogP contribution in [0.1, 0.15) is 32.1 Å². The fraction of sp³-hybridized carbons (Fsp3) is 1.00. The van der Waals surface area contributed by atoms with E-state index in [1.165, 1.54) is 32.1 Å². The zero-order valence-corrected chi connectivity index (χ0v) is 11.4. The average Bonchev–Trinajstić information content (AvgIpc) is 2.24. The highest BCUT2D eigenvalue weighted by Crippen LogP contribution is 2.55. The van der Waals surface area contributed by atoms with Gasteiger partial charge in [0, 0.05) is 6.54 Å². The van der Waals surface area contributed by atoms with Gasteiger partial charge in [0.15, 0.2) is 9.84 Å². The molecule has 4 heteroatoms. The third kappa shape index (κ3) is 2.03. The number of nitrogens with one attached hydrogen (secondary N) is 1. The number of hydrogen-bond acceptors (Lipinski definition) is 3. The summed E-state index contributed by atoms with van der Waals surface area (Å²) in [6.45, 7) is 0.602. The second kappa shape index (κ2) is 4.23. The molecule has 0 aliphatic heterocycles. The standard InChI is InChI=1S/C13H23NO2S/c1-14-2-3-17(15,16)13-11-5-9-4-10(7-11)8-12(13)6-9/h9-14H,2-8H2,1H3. The van der Waals surface area contributed by atoms with Gasteiger partial charge in [-0.05, 0) is 62.8 Å². The normalized spacial score (nSPS) is 44.2. The van der Waals surface area contributed by atoms with Gasteiger partial charge in [0.1, 0.15) is 0 Å². The zero-order chi connectivity index (χ0) is 12.0. The van der Waals surface area contributed by atoms with Crippen molar-refractivity contribution in [3.05, 3.63) is 0 Å². The molecule has 4 aliphatic carbocycles. The van der Waals surface area contributed by atoms with E-state index in [4.69, 9.17) is 0 Å². The molecular weight excluding hydrogens is 234 g/mol. The molecule has 17 heavy (non-hydrogen) atoms. The molecule has 0 aromatic rings. The van der Waals surface area contributed by atoms with Crippen LogP contribution in [0.25, 0.3) is 0 Å². The Bertz CT molecular complexity index is 362. The van der Waals surface area contributed by atoms with Gasteiger partial charge in [0.25, 0.3) is 0 Å². The van der Waals surface area contributed by atoms with Crippen LogP contribution in [0.15, 0.2) is 0 Å². The lowest BCUT2D eigenvalue weighted by Crippen LogP contribution is -2.52. The largest absolute Gasteiger partial charge is 0.319 e. The Morgan fingerprint density at radius 1 is 1.00 bits per heavy atom.